The van der Waals surface area contributed by atoms with Crippen molar-refractivity contribution in [3.63, 3.8) is 0 Å². The second-order valence-electron chi connectivity index (χ2n) is 3.23. The Labute approximate surface area is 72.6 Å². The molecule has 2 heteroatoms. The van der Waals surface area contributed by atoms with Crippen LogP contribution in [0, 0.1) is 0 Å². The molecule has 0 unspecified atom stereocenters. The van der Waals surface area contributed by atoms with Crippen LogP contribution < -0.4 is 0 Å². The van der Waals surface area contributed by atoms with Crippen molar-refractivity contribution in [2.24, 2.45) is 0 Å². The summed E-state index contributed by atoms with van der Waals surface area (Å²) < 4.78 is 0. The van der Waals surface area contributed by atoms with Crippen molar-refractivity contribution in [2.75, 3.05) is 0 Å². The van der Waals surface area contributed by atoms with Gasteiger partial charge in [-0.15, -0.1) is 0 Å². The van der Waals surface area contributed by atoms with E-state index in [0.717, 1.165) is 11.1 Å². The molecule has 0 saturated heterocycles. The zero-order chi connectivity index (χ0) is 9.19. The van der Waals surface area contributed by atoms with Crippen LogP contribution >= 0.6 is 0 Å². The largest absolute Gasteiger partial charge is 0.386 e. The number of aliphatic hydroxyl groups is 1. The Balaban J connectivity index is 3.23. The minimum Gasteiger partial charge on any atom is -0.386 e. The van der Waals surface area contributed by atoms with E-state index in [4.69, 9.17) is 0 Å². The lowest BCUT2D eigenvalue weighted by molar-refractivity contribution is 0.0783. The van der Waals surface area contributed by atoms with Gasteiger partial charge in [0.2, 0.25) is 0 Å². The number of hydrogen-bond donors (Lipinski definition) is 1. The average Bonchev–Trinajstić information content (AvgIpc) is 2.03. The van der Waals surface area contributed by atoms with Gasteiger partial charge in [0.05, 0.1) is 5.60 Å². The zero-order valence-corrected chi connectivity index (χ0v) is 7.41. The molecule has 1 rings (SSSR count). The van der Waals surface area contributed by atoms with Crippen LogP contribution in [0.25, 0.3) is 6.08 Å². The van der Waals surface area contributed by atoms with Gasteiger partial charge in [0, 0.05) is 12.4 Å². The first-order valence-corrected chi connectivity index (χ1v) is 3.85. The van der Waals surface area contributed by atoms with Gasteiger partial charge in [0.1, 0.15) is 0 Å². The Bertz CT molecular complexity index is 286. The molecule has 0 atom stereocenters. The molecule has 0 radical (unpaired) electrons. The molecule has 0 saturated carbocycles. The van der Waals surface area contributed by atoms with Gasteiger partial charge >= 0.3 is 0 Å². The molecule has 0 aliphatic carbocycles. The Morgan fingerprint density at radius 2 is 2.25 bits per heavy atom. The highest BCUT2D eigenvalue weighted by Gasteiger charge is 2.17. The molecule has 0 fully saturated rings. The first-order valence-electron chi connectivity index (χ1n) is 3.85. The Morgan fingerprint density at radius 3 is 2.67 bits per heavy atom. The van der Waals surface area contributed by atoms with E-state index >= 15 is 0 Å². The maximum absolute atomic E-state index is 9.73. The van der Waals surface area contributed by atoms with Crippen LogP contribution in [0.3, 0.4) is 0 Å². The molecule has 0 amide bonds. The second kappa shape index (κ2) is 3.07. The highest BCUT2D eigenvalue weighted by atomic mass is 16.3. The SMILES string of the molecule is C=Cc1cnccc1C(C)(C)O. The van der Waals surface area contributed by atoms with Crippen molar-refractivity contribution < 1.29 is 5.11 Å². The molecule has 1 heterocycles. The van der Waals surface area contributed by atoms with Gasteiger partial charge in [-0.2, -0.15) is 0 Å². The van der Waals surface area contributed by atoms with Crippen LogP contribution in [-0.4, -0.2) is 10.1 Å². The smallest absolute Gasteiger partial charge is 0.0847 e. The van der Waals surface area contributed by atoms with Gasteiger partial charge < -0.3 is 5.11 Å². The Kier molecular flexibility index (Phi) is 2.29. The lowest BCUT2D eigenvalue weighted by Crippen LogP contribution is -2.16. The van der Waals surface area contributed by atoms with E-state index < -0.39 is 5.60 Å². The summed E-state index contributed by atoms with van der Waals surface area (Å²) in [4.78, 5) is 3.95. The van der Waals surface area contributed by atoms with Gasteiger partial charge in [-0.05, 0) is 31.0 Å². The van der Waals surface area contributed by atoms with Gasteiger partial charge in [0.15, 0.2) is 0 Å². The fraction of sp³-hybridized carbons (Fsp3) is 0.300. The number of aromatic nitrogens is 1. The van der Waals surface area contributed by atoms with Gasteiger partial charge in [0.25, 0.3) is 0 Å². The highest BCUT2D eigenvalue weighted by Crippen LogP contribution is 2.22. The number of pyridine rings is 1. The molecule has 64 valence electrons. The summed E-state index contributed by atoms with van der Waals surface area (Å²) in [7, 11) is 0. The Morgan fingerprint density at radius 1 is 1.58 bits per heavy atom. The number of hydrogen-bond acceptors (Lipinski definition) is 2. The van der Waals surface area contributed by atoms with Crippen LogP contribution in [0.15, 0.2) is 25.0 Å². The molecule has 0 spiro atoms. The molecule has 0 aliphatic rings. The summed E-state index contributed by atoms with van der Waals surface area (Å²) >= 11 is 0. The molecule has 1 aromatic heterocycles. The topological polar surface area (TPSA) is 33.1 Å². The monoisotopic (exact) mass is 163 g/mol. The molecular weight excluding hydrogens is 150 g/mol. The maximum Gasteiger partial charge on any atom is 0.0847 e. The average molecular weight is 163 g/mol. The summed E-state index contributed by atoms with van der Waals surface area (Å²) in [6.07, 6.45) is 5.06. The minimum atomic E-state index is -0.827. The molecule has 1 N–H and O–H groups in total. The van der Waals surface area contributed by atoms with Crippen molar-refractivity contribution in [1.29, 1.82) is 0 Å². The molecule has 0 aliphatic heterocycles. The predicted octanol–water partition coefficient (Wildman–Crippen LogP) is 1.95. The zero-order valence-electron chi connectivity index (χ0n) is 7.41. The van der Waals surface area contributed by atoms with E-state index in [1.54, 1.807) is 38.4 Å². The molecule has 12 heavy (non-hydrogen) atoms. The molecule has 2 nitrogen and oxygen atoms in total. The fourth-order valence-electron chi connectivity index (χ4n) is 1.13. The van der Waals surface area contributed by atoms with E-state index in [1.807, 2.05) is 0 Å². The van der Waals surface area contributed by atoms with Crippen molar-refractivity contribution in [3.8, 4) is 0 Å². The minimum absolute atomic E-state index is 0.827. The third kappa shape index (κ3) is 1.71. The van der Waals surface area contributed by atoms with E-state index in [0.29, 0.717) is 0 Å². The standard InChI is InChI=1S/C10H13NO/c1-4-8-7-11-6-5-9(8)10(2,3)12/h4-7,12H,1H2,2-3H3. The Hall–Kier alpha value is -1.15. The first kappa shape index (κ1) is 8.94. The van der Waals surface area contributed by atoms with Gasteiger partial charge in [-0.1, -0.05) is 12.7 Å². The molecule has 0 aromatic carbocycles. The lowest BCUT2D eigenvalue weighted by Gasteiger charge is -2.19. The predicted molar refractivity (Wildman–Crippen MR) is 49.6 cm³/mol. The number of nitrogens with zero attached hydrogens (tertiary/aromatic N) is 1. The summed E-state index contributed by atoms with van der Waals surface area (Å²) in [6.45, 7) is 7.14. The molecule has 0 bridgehead atoms. The van der Waals surface area contributed by atoms with E-state index in [2.05, 4.69) is 11.6 Å². The van der Waals surface area contributed by atoms with Gasteiger partial charge in [-0.3, -0.25) is 4.98 Å². The summed E-state index contributed by atoms with van der Waals surface area (Å²) in [5.41, 5.74) is 0.907. The van der Waals surface area contributed by atoms with E-state index in [-0.39, 0.29) is 0 Å². The molecular formula is C10H13NO. The van der Waals surface area contributed by atoms with Crippen LogP contribution in [0.4, 0.5) is 0 Å². The molecule has 1 aromatic rings. The van der Waals surface area contributed by atoms with Crippen LogP contribution in [0.1, 0.15) is 25.0 Å². The second-order valence-corrected chi connectivity index (χ2v) is 3.23. The van der Waals surface area contributed by atoms with Gasteiger partial charge in [-0.25, -0.2) is 0 Å². The van der Waals surface area contributed by atoms with Crippen LogP contribution in [-0.2, 0) is 5.60 Å². The van der Waals surface area contributed by atoms with Crippen LogP contribution in [0.2, 0.25) is 0 Å². The van der Waals surface area contributed by atoms with E-state index in [1.165, 1.54) is 0 Å². The fourth-order valence-corrected chi connectivity index (χ4v) is 1.13. The summed E-state index contributed by atoms with van der Waals surface area (Å²) in [6, 6.07) is 1.80. The quantitative estimate of drug-likeness (QED) is 0.722. The normalized spacial score (nSPS) is 11.2. The van der Waals surface area contributed by atoms with E-state index in [9.17, 15) is 5.11 Å². The third-order valence-corrected chi connectivity index (χ3v) is 1.73. The lowest BCUT2D eigenvalue weighted by atomic mass is 9.95. The van der Waals surface area contributed by atoms with Crippen molar-refractivity contribution >= 4 is 6.08 Å². The third-order valence-electron chi connectivity index (χ3n) is 1.73. The van der Waals surface area contributed by atoms with Crippen molar-refractivity contribution in [1.82, 2.24) is 4.98 Å². The van der Waals surface area contributed by atoms with Crippen molar-refractivity contribution in [2.45, 2.75) is 19.4 Å². The highest BCUT2D eigenvalue weighted by molar-refractivity contribution is 5.51. The van der Waals surface area contributed by atoms with Crippen LogP contribution in [0.5, 0.6) is 0 Å². The summed E-state index contributed by atoms with van der Waals surface area (Å²) in [5.74, 6) is 0. The number of rotatable bonds is 2. The summed E-state index contributed by atoms with van der Waals surface area (Å²) in [5, 5.41) is 9.73. The first-order chi connectivity index (χ1) is 5.55. The van der Waals surface area contributed by atoms with Crippen molar-refractivity contribution in [3.05, 3.63) is 36.2 Å². The maximum atomic E-state index is 9.73.